The molecular formula is C21H45NO6S2. The van der Waals surface area contributed by atoms with Crippen molar-refractivity contribution >= 4 is 20.1 Å². The molecule has 0 spiro atoms. The van der Waals surface area contributed by atoms with Crippen LogP contribution in [0.4, 0.5) is 0 Å². The Hall–Kier alpha value is -0.220. The van der Waals surface area contributed by atoms with E-state index in [4.69, 9.17) is 14.4 Å². The lowest BCUT2D eigenvalue weighted by molar-refractivity contribution is 0.0894. The van der Waals surface area contributed by atoms with Gasteiger partial charge in [0.25, 0.3) is 10.1 Å². The Bertz CT molecular complexity index is 672. The van der Waals surface area contributed by atoms with Crippen LogP contribution in [0.5, 0.6) is 0 Å². The highest BCUT2D eigenvalue weighted by atomic mass is 32.2. The summed E-state index contributed by atoms with van der Waals surface area (Å²) in [5.41, 5.74) is -0.683. The number of hydrogen-bond donors (Lipinski definition) is 2. The molecule has 1 atom stereocenters. The Labute approximate surface area is 185 Å². The lowest BCUT2D eigenvalue weighted by atomic mass is 9.82. The molecule has 0 rings (SSSR count). The summed E-state index contributed by atoms with van der Waals surface area (Å²) in [6, 6.07) is 0. The van der Waals surface area contributed by atoms with Gasteiger partial charge in [0, 0.05) is 6.61 Å². The van der Waals surface area contributed by atoms with Crippen molar-refractivity contribution in [3.05, 3.63) is 0 Å². The Morgan fingerprint density at radius 1 is 0.833 bits per heavy atom. The first-order valence-corrected chi connectivity index (χ1v) is 14.4. The Morgan fingerprint density at radius 3 is 1.83 bits per heavy atom. The predicted molar refractivity (Wildman–Crippen MR) is 123 cm³/mol. The van der Waals surface area contributed by atoms with Gasteiger partial charge in [0.05, 0.1) is 5.75 Å². The van der Waals surface area contributed by atoms with Crippen LogP contribution in [0.1, 0.15) is 105 Å². The zero-order chi connectivity index (χ0) is 23.5. The van der Waals surface area contributed by atoms with Gasteiger partial charge in [-0.1, -0.05) is 53.9 Å². The second-order valence-electron chi connectivity index (χ2n) is 10.1. The number of unbranched alkanes of at least 4 members (excludes halogenated alkanes) is 2. The lowest BCUT2D eigenvalue weighted by Gasteiger charge is -2.25. The fraction of sp³-hybridized carbons (Fsp3) is 1.00. The summed E-state index contributed by atoms with van der Waals surface area (Å²) in [6.07, 6.45) is 9.01. The minimum atomic E-state index is -3.88. The highest BCUT2D eigenvalue weighted by molar-refractivity contribution is 7.89. The Morgan fingerprint density at radius 2 is 1.33 bits per heavy atom. The summed E-state index contributed by atoms with van der Waals surface area (Å²) < 4.78 is 59.6. The third-order valence-electron chi connectivity index (χ3n) is 5.64. The molecule has 3 N–H and O–H groups in total. The minimum absolute atomic E-state index is 0.0590. The van der Waals surface area contributed by atoms with Crippen molar-refractivity contribution in [2.75, 3.05) is 12.4 Å². The quantitative estimate of drug-likeness (QED) is 0.217. The largest absolute Gasteiger partial charge is 0.361 e. The standard InChI is InChI=1S/C21H45NO6S2/c1-6-13-20(2,3)16-11-12-19(30(22,26)27)28-17-9-7-14-21(4,5)15-8-10-18-29(23,24)25/h19H,6-18H2,1-5H3,(H2,22,26,27)(H,23,24,25). The van der Waals surface area contributed by atoms with Gasteiger partial charge in [0.2, 0.25) is 10.0 Å². The molecule has 0 aromatic rings. The summed E-state index contributed by atoms with van der Waals surface area (Å²) in [6.45, 7) is 11.2. The van der Waals surface area contributed by atoms with E-state index >= 15 is 0 Å². The Balaban J connectivity index is 4.22. The van der Waals surface area contributed by atoms with E-state index in [0.717, 1.165) is 57.8 Å². The summed E-state index contributed by atoms with van der Waals surface area (Å²) >= 11 is 0. The molecule has 7 nitrogen and oxygen atoms in total. The lowest BCUT2D eigenvalue weighted by Crippen LogP contribution is -2.31. The van der Waals surface area contributed by atoms with Crippen LogP contribution in [0.15, 0.2) is 0 Å². The van der Waals surface area contributed by atoms with Crippen molar-refractivity contribution in [2.24, 2.45) is 16.0 Å². The summed E-state index contributed by atoms with van der Waals surface area (Å²) in [4.78, 5) is 0. The molecule has 0 fully saturated rings. The van der Waals surface area contributed by atoms with E-state index in [2.05, 4.69) is 34.6 Å². The van der Waals surface area contributed by atoms with E-state index in [1.807, 2.05) is 0 Å². The first-order chi connectivity index (χ1) is 13.6. The highest BCUT2D eigenvalue weighted by Gasteiger charge is 2.24. The van der Waals surface area contributed by atoms with Crippen LogP contribution in [-0.4, -0.2) is 39.2 Å². The van der Waals surface area contributed by atoms with Crippen molar-refractivity contribution < 1.29 is 26.1 Å². The van der Waals surface area contributed by atoms with Crippen LogP contribution in [0, 0.1) is 10.8 Å². The van der Waals surface area contributed by atoms with Crippen LogP contribution in [-0.2, 0) is 24.9 Å². The topological polar surface area (TPSA) is 124 Å². The predicted octanol–water partition coefficient (Wildman–Crippen LogP) is 4.87. The third kappa shape index (κ3) is 16.5. The van der Waals surface area contributed by atoms with Gasteiger partial charge in [-0.25, -0.2) is 13.6 Å². The van der Waals surface area contributed by atoms with E-state index < -0.39 is 25.6 Å². The van der Waals surface area contributed by atoms with Crippen LogP contribution >= 0.6 is 0 Å². The first-order valence-electron chi connectivity index (χ1n) is 11.2. The van der Waals surface area contributed by atoms with Crippen molar-refractivity contribution in [3.63, 3.8) is 0 Å². The average molecular weight is 472 g/mol. The molecule has 0 aromatic heterocycles. The van der Waals surface area contributed by atoms with E-state index in [1.165, 1.54) is 0 Å². The zero-order valence-corrected chi connectivity index (χ0v) is 21.3. The number of nitrogens with two attached hydrogens (primary N) is 1. The molecule has 0 bridgehead atoms. The number of primary sulfonamides is 1. The fourth-order valence-corrected chi connectivity index (χ4v) is 5.17. The smallest absolute Gasteiger partial charge is 0.264 e. The normalized spacial score (nSPS) is 14.8. The van der Waals surface area contributed by atoms with Gasteiger partial charge < -0.3 is 4.74 Å². The number of ether oxygens (including phenoxy) is 1. The van der Waals surface area contributed by atoms with Gasteiger partial charge >= 0.3 is 0 Å². The van der Waals surface area contributed by atoms with Crippen molar-refractivity contribution in [3.8, 4) is 0 Å². The van der Waals surface area contributed by atoms with Crippen LogP contribution in [0.25, 0.3) is 0 Å². The van der Waals surface area contributed by atoms with E-state index in [0.29, 0.717) is 19.4 Å². The van der Waals surface area contributed by atoms with Crippen molar-refractivity contribution in [1.29, 1.82) is 0 Å². The van der Waals surface area contributed by atoms with Gasteiger partial charge in [-0.3, -0.25) is 4.55 Å². The summed E-state index contributed by atoms with van der Waals surface area (Å²) in [5.74, 6) is -0.193. The molecule has 9 heteroatoms. The van der Waals surface area contributed by atoms with Gasteiger partial charge in [-0.15, -0.1) is 0 Å². The second-order valence-corrected chi connectivity index (χ2v) is 13.3. The second kappa shape index (κ2) is 13.4. The van der Waals surface area contributed by atoms with E-state index in [-0.39, 0.29) is 16.6 Å². The third-order valence-corrected chi connectivity index (χ3v) is 7.55. The van der Waals surface area contributed by atoms with Gasteiger partial charge in [-0.05, 0) is 62.2 Å². The average Bonchev–Trinajstić information content (AvgIpc) is 2.55. The maximum Gasteiger partial charge on any atom is 0.264 e. The number of sulfonamides is 1. The summed E-state index contributed by atoms with van der Waals surface area (Å²) in [5, 5.41) is 5.36. The number of hydrogen-bond acceptors (Lipinski definition) is 5. The molecule has 0 amide bonds. The van der Waals surface area contributed by atoms with E-state index in [1.54, 1.807) is 0 Å². The van der Waals surface area contributed by atoms with Gasteiger partial charge in [-0.2, -0.15) is 8.42 Å². The first kappa shape index (κ1) is 29.8. The molecule has 0 aliphatic rings. The Kier molecular flexibility index (Phi) is 13.3. The van der Waals surface area contributed by atoms with Crippen LogP contribution < -0.4 is 5.14 Å². The molecule has 182 valence electrons. The van der Waals surface area contributed by atoms with E-state index in [9.17, 15) is 16.8 Å². The summed E-state index contributed by atoms with van der Waals surface area (Å²) in [7, 11) is -7.61. The molecule has 30 heavy (non-hydrogen) atoms. The molecule has 0 heterocycles. The van der Waals surface area contributed by atoms with Crippen LogP contribution in [0.3, 0.4) is 0 Å². The molecule has 0 aromatic carbocycles. The molecule has 1 unspecified atom stereocenters. The number of rotatable bonds is 18. The maximum atomic E-state index is 11.8. The highest BCUT2D eigenvalue weighted by Crippen LogP contribution is 2.31. The molecular weight excluding hydrogens is 426 g/mol. The maximum absolute atomic E-state index is 11.8. The molecule has 0 radical (unpaired) electrons. The monoisotopic (exact) mass is 471 g/mol. The molecule has 0 saturated carbocycles. The van der Waals surface area contributed by atoms with Crippen molar-refractivity contribution in [2.45, 2.75) is 111 Å². The van der Waals surface area contributed by atoms with Gasteiger partial charge in [0.15, 0.2) is 5.44 Å². The molecule has 0 aliphatic heterocycles. The van der Waals surface area contributed by atoms with Crippen molar-refractivity contribution in [1.82, 2.24) is 0 Å². The SMILES string of the molecule is CCCC(C)(C)CCCC(OCCCCC(C)(C)CCCCS(=O)(=O)O)S(N)(=O)=O. The van der Waals surface area contributed by atoms with Crippen LogP contribution in [0.2, 0.25) is 0 Å². The van der Waals surface area contributed by atoms with Gasteiger partial charge in [0.1, 0.15) is 0 Å². The molecule has 0 saturated heterocycles. The fourth-order valence-electron chi connectivity index (χ4n) is 3.82. The minimum Gasteiger partial charge on any atom is -0.361 e. The molecule has 0 aliphatic carbocycles. The zero-order valence-electron chi connectivity index (χ0n) is 19.7.